The van der Waals surface area contributed by atoms with Gasteiger partial charge in [0, 0.05) is 31.6 Å². The number of nitrogens with two attached hydrogens (primary N) is 1. The Balaban J connectivity index is 1.19. The van der Waals surface area contributed by atoms with E-state index in [1.807, 2.05) is 55.5 Å². The van der Waals surface area contributed by atoms with E-state index in [1.165, 1.54) is 0 Å². The van der Waals surface area contributed by atoms with Gasteiger partial charge in [-0.25, -0.2) is 0 Å². The Kier molecular flexibility index (Phi) is 7.36. The molecule has 44 heavy (non-hydrogen) atoms. The minimum Gasteiger partial charge on any atom is -0.489 e. The van der Waals surface area contributed by atoms with Gasteiger partial charge in [-0.05, 0) is 108 Å². The minimum atomic E-state index is -1.40. The quantitative estimate of drug-likeness (QED) is 0.281. The Hall–Kier alpha value is -2.57. The predicted octanol–water partition coefficient (Wildman–Crippen LogP) is 5.06. The molecule has 9 heteroatoms. The first-order valence-corrected chi connectivity index (χ1v) is 16.4. The zero-order valence-electron chi connectivity index (χ0n) is 24.9. The van der Waals surface area contributed by atoms with Crippen molar-refractivity contribution in [2.24, 2.45) is 28.6 Å². The molecule has 8 nitrogen and oxygen atoms in total. The van der Waals surface area contributed by atoms with E-state index < -0.39 is 47.3 Å². The maximum Gasteiger partial charge on any atom is 0.193 e. The minimum absolute atomic E-state index is 0.00402. The van der Waals surface area contributed by atoms with Crippen LogP contribution in [0.25, 0.3) is 0 Å². The number of hydrogen-bond acceptors (Lipinski definition) is 8. The molecule has 2 aromatic carbocycles. The molecule has 1 heterocycles. The lowest BCUT2D eigenvalue weighted by Gasteiger charge is -2.59. The SMILES string of the molecule is C[C@]12C=CC(=O)C=C1CC[C@@H]1[C@@H]2[C@@H](O)C[C@@]2(C)[C@H]1C[C@H]1O[C@@H](c3cc(OCc4cccc(N)c4)ccc3I)O[C@]12C(=O)CO. The Morgan fingerprint density at radius 1 is 1.20 bits per heavy atom. The summed E-state index contributed by atoms with van der Waals surface area (Å²) in [7, 11) is 0. The molecule has 0 radical (unpaired) electrons. The van der Waals surface area contributed by atoms with Gasteiger partial charge in [-0.15, -0.1) is 0 Å². The number of ether oxygens (including phenoxy) is 3. The number of carbonyl (C=O) groups excluding carboxylic acids is 2. The highest BCUT2D eigenvalue weighted by Gasteiger charge is 2.76. The molecule has 7 rings (SSSR count). The van der Waals surface area contributed by atoms with Crippen molar-refractivity contribution in [3.05, 3.63) is 81.0 Å². The fourth-order valence-electron chi connectivity index (χ4n) is 9.47. The van der Waals surface area contributed by atoms with E-state index in [4.69, 9.17) is 19.9 Å². The molecule has 4 aliphatic carbocycles. The van der Waals surface area contributed by atoms with Gasteiger partial charge in [0.25, 0.3) is 0 Å². The average molecular weight is 712 g/mol. The van der Waals surface area contributed by atoms with Crippen LogP contribution in [0.1, 0.15) is 56.9 Å². The van der Waals surface area contributed by atoms with Crippen LogP contribution in [0.4, 0.5) is 5.69 Å². The third-order valence-electron chi connectivity index (χ3n) is 11.4. The van der Waals surface area contributed by atoms with Gasteiger partial charge in [0.05, 0.1) is 12.2 Å². The summed E-state index contributed by atoms with van der Waals surface area (Å²) in [5.41, 5.74) is 6.78. The maximum atomic E-state index is 13.9. The van der Waals surface area contributed by atoms with Crippen LogP contribution >= 0.6 is 22.6 Å². The molecule has 0 spiro atoms. The van der Waals surface area contributed by atoms with Crippen LogP contribution in [-0.4, -0.2) is 46.2 Å². The molecule has 232 valence electrons. The number of fused-ring (bicyclic) bond motifs is 7. The molecule has 9 atom stereocenters. The molecular weight excluding hydrogens is 673 g/mol. The van der Waals surface area contributed by atoms with Crippen molar-refractivity contribution in [3.63, 3.8) is 0 Å². The lowest BCUT2D eigenvalue weighted by molar-refractivity contribution is -0.201. The number of carbonyl (C=O) groups is 2. The lowest BCUT2D eigenvalue weighted by atomic mass is 9.46. The first-order chi connectivity index (χ1) is 21.0. The van der Waals surface area contributed by atoms with E-state index in [0.717, 1.165) is 33.1 Å². The summed E-state index contributed by atoms with van der Waals surface area (Å²) >= 11 is 2.23. The summed E-state index contributed by atoms with van der Waals surface area (Å²) in [4.78, 5) is 26.0. The van der Waals surface area contributed by atoms with Gasteiger partial charge in [-0.3, -0.25) is 9.59 Å². The highest BCUT2D eigenvalue weighted by molar-refractivity contribution is 14.1. The molecule has 0 bridgehead atoms. The Morgan fingerprint density at radius 2 is 2.02 bits per heavy atom. The van der Waals surface area contributed by atoms with Crippen molar-refractivity contribution in [2.45, 2.75) is 70.2 Å². The normalized spacial score (nSPS) is 38.8. The second-order valence-corrected chi connectivity index (χ2v) is 14.7. The number of Topliss-reactive ketones (excluding diaryl/α,β-unsaturated/α-hetero) is 1. The highest BCUT2D eigenvalue weighted by Crippen LogP contribution is 2.70. The molecule has 1 aliphatic heterocycles. The first kappa shape index (κ1) is 30.1. The largest absolute Gasteiger partial charge is 0.489 e. The van der Waals surface area contributed by atoms with E-state index in [0.29, 0.717) is 30.9 Å². The van der Waals surface area contributed by atoms with E-state index in [2.05, 4.69) is 29.5 Å². The van der Waals surface area contributed by atoms with Gasteiger partial charge >= 0.3 is 0 Å². The van der Waals surface area contributed by atoms with Crippen LogP contribution in [0.15, 0.2) is 66.3 Å². The highest BCUT2D eigenvalue weighted by atomic mass is 127. The van der Waals surface area contributed by atoms with E-state index >= 15 is 0 Å². The van der Waals surface area contributed by atoms with Crippen molar-refractivity contribution >= 4 is 39.8 Å². The molecule has 2 aromatic rings. The third-order valence-corrected chi connectivity index (χ3v) is 12.4. The zero-order chi connectivity index (χ0) is 31.0. The van der Waals surface area contributed by atoms with E-state index in [-0.39, 0.29) is 23.5 Å². The van der Waals surface area contributed by atoms with E-state index in [1.54, 1.807) is 12.2 Å². The van der Waals surface area contributed by atoms with Crippen LogP contribution in [0, 0.1) is 32.2 Å². The monoisotopic (exact) mass is 711 g/mol. The molecule has 5 aliphatic rings. The molecule has 0 aromatic heterocycles. The topological polar surface area (TPSA) is 128 Å². The fraction of sp³-hybridized carbons (Fsp3) is 0.486. The number of halogens is 1. The van der Waals surface area contributed by atoms with Crippen LogP contribution in [0.3, 0.4) is 0 Å². The summed E-state index contributed by atoms with van der Waals surface area (Å²) in [6.07, 6.45) is 5.71. The Bertz CT molecular complexity index is 1590. The number of hydrogen-bond donors (Lipinski definition) is 3. The number of nitrogen functional groups attached to an aromatic ring is 1. The molecule has 0 unspecified atom stereocenters. The predicted molar refractivity (Wildman–Crippen MR) is 171 cm³/mol. The fourth-order valence-corrected chi connectivity index (χ4v) is 10.1. The molecule has 1 saturated heterocycles. The van der Waals surface area contributed by atoms with Crippen molar-refractivity contribution in [1.29, 1.82) is 0 Å². The van der Waals surface area contributed by atoms with Crippen LogP contribution in [-0.2, 0) is 25.7 Å². The van der Waals surface area contributed by atoms with Gasteiger partial charge in [0.2, 0.25) is 0 Å². The number of ketones is 2. The number of aliphatic hydroxyl groups excluding tert-OH is 2. The standard InChI is InChI=1S/C35H38INO7/c1-33-11-10-22(39)13-20(33)6-8-24-26-15-30-35(29(41)17-38,34(26,2)16-28(40)31(24)33)44-32(43-30)25-14-23(7-9-27(25)36)42-18-19-4-3-5-21(37)12-19/h3-5,7,9-14,24,26,28,30-32,38,40H,6,8,15-18,37H2,1-2H3/t24-,26-,28-,30+,31+,32+,33-,34-,35+/m0/s1. The first-order valence-electron chi connectivity index (χ1n) is 15.4. The van der Waals surface area contributed by atoms with Gasteiger partial charge in [-0.1, -0.05) is 37.6 Å². The van der Waals surface area contributed by atoms with Crippen LogP contribution in [0.5, 0.6) is 5.75 Å². The molecule has 4 fully saturated rings. The number of allylic oxidation sites excluding steroid dienone is 4. The second kappa shape index (κ2) is 10.8. The number of aliphatic hydroxyl groups is 2. The van der Waals surface area contributed by atoms with Gasteiger partial charge in [0.1, 0.15) is 19.0 Å². The lowest BCUT2D eigenvalue weighted by Crippen LogP contribution is -2.63. The van der Waals surface area contributed by atoms with Crippen molar-refractivity contribution in [1.82, 2.24) is 0 Å². The van der Waals surface area contributed by atoms with Crippen molar-refractivity contribution in [3.8, 4) is 5.75 Å². The molecule has 0 amide bonds. The van der Waals surface area contributed by atoms with Gasteiger partial charge in [-0.2, -0.15) is 0 Å². The summed E-state index contributed by atoms with van der Waals surface area (Å²) in [5, 5.41) is 22.2. The molecule has 3 saturated carbocycles. The van der Waals surface area contributed by atoms with Crippen molar-refractivity contribution in [2.75, 3.05) is 12.3 Å². The number of anilines is 1. The average Bonchev–Trinajstić information content (AvgIpc) is 3.49. The third kappa shape index (κ3) is 4.37. The summed E-state index contributed by atoms with van der Waals surface area (Å²) in [6.45, 7) is 3.84. The molecule has 4 N–H and O–H groups in total. The van der Waals surface area contributed by atoms with Crippen molar-refractivity contribution < 1.29 is 34.0 Å². The second-order valence-electron chi connectivity index (χ2n) is 13.6. The smallest absolute Gasteiger partial charge is 0.193 e. The number of benzene rings is 2. The van der Waals surface area contributed by atoms with Gasteiger partial charge < -0.3 is 30.2 Å². The zero-order valence-corrected chi connectivity index (χ0v) is 27.0. The summed E-state index contributed by atoms with van der Waals surface area (Å²) < 4.78 is 20.4. The van der Waals surface area contributed by atoms with Crippen LogP contribution in [0.2, 0.25) is 0 Å². The summed E-state index contributed by atoms with van der Waals surface area (Å²) in [5.74, 6) is 0.274. The maximum absolute atomic E-state index is 13.9. The van der Waals surface area contributed by atoms with E-state index in [9.17, 15) is 19.8 Å². The van der Waals surface area contributed by atoms with Gasteiger partial charge in [0.15, 0.2) is 23.5 Å². The Labute approximate surface area is 270 Å². The molecular formula is C35H38INO7. The summed E-state index contributed by atoms with van der Waals surface area (Å²) in [6, 6.07) is 13.2. The Morgan fingerprint density at radius 3 is 2.80 bits per heavy atom. The number of rotatable bonds is 6. The van der Waals surface area contributed by atoms with Crippen LogP contribution < -0.4 is 10.5 Å².